The van der Waals surface area contributed by atoms with Crippen LogP contribution in [0.4, 0.5) is 4.79 Å². The van der Waals surface area contributed by atoms with E-state index in [1.807, 2.05) is 68.4 Å². The molecule has 6 nitrogen and oxygen atoms in total. The standard InChI is InChI=1S/C22H22N2O4/c1-3-14(2)23-22(27)24-19(25)13-28-21(26)20-17-10-6-4-8-15(17)12-16-9-5-7-11-18(16)20/h4-12,14H,3,13H2,1-2H3,(H2,23,24,25,27)/t14-/m0/s1. The Morgan fingerprint density at radius 1 is 0.964 bits per heavy atom. The van der Waals surface area contributed by atoms with Crippen LogP contribution in [-0.4, -0.2) is 30.6 Å². The van der Waals surface area contributed by atoms with Crippen LogP contribution >= 0.6 is 0 Å². The Balaban J connectivity index is 1.78. The van der Waals surface area contributed by atoms with E-state index in [1.165, 1.54) is 0 Å². The van der Waals surface area contributed by atoms with Gasteiger partial charge < -0.3 is 10.1 Å². The van der Waals surface area contributed by atoms with Crippen molar-refractivity contribution < 1.29 is 19.1 Å². The normalized spacial score (nSPS) is 11.8. The first-order chi connectivity index (χ1) is 13.5. The largest absolute Gasteiger partial charge is 0.452 e. The molecule has 144 valence electrons. The summed E-state index contributed by atoms with van der Waals surface area (Å²) >= 11 is 0. The third kappa shape index (κ3) is 4.28. The fourth-order valence-electron chi connectivity index (χ4n) is 2.96. The van der Waals surface area contributed by atoms with Gasteiger partial charge in [0, 0.05) is 6.04 Å². The molecule has 2 N–H and O–H groups in total. The molecule has 0 spiro atoms. The predicted molar refractivity (Wildman–Crippen MR) is 108 cm³/mol. The number of imide groups is 1. The number of benzene rings is 3. The first-order valence-corrected chi connectivity index (χ1v) is 9.17. The molecule has 0 aromatic heterocycles. The summed E-state index contributed by atoms with van der Waals surface area (Å²) in [7, 11) is 0. The predicted octanol–water partition coefficient (Wildman–Crippen LogP) is 3.77. The number of carbonyl (C=O) groups excluding carboxylic acids is 3. The molecule has 0 unspecified atom stereocenters. The molecule has 0 saturated carbocycles. The van der Waals surface area contributed by atoms with Crippen LogP contribution < -0.4 is 10.6 Å². The van der Waals surface area contributed by atoms with Crippen molar-refractivity contribution in [1.82, 2.24) is 10.6 Å². The van der Waals surface area contributed by atoms with Crippen molar-refractivity contribution in [2.24, 2.45) is 0 Å². The first-order valence-electron chi connectivity index (χ1n) is 9.17. The molecule has 3 amide bonds. The number of fused-ring (bicyclic) bond motifs is 2. The second kappa shape index (κ2) is 8.52. The molecule has 0 heterocycles. The van der Waals surface area contributed by atoms with E-state index >= 15 is 0 Å². The number of nitrogens with one attached hydrogen (secondary N) is 2. The van der Waals surface area contributed by atoms with Crippen molar-refractivity contribution in [2.45, 2.75) is 26.3 Å². The summed E-state index contributed by atoms with van der Waals surface area (Å²) in [6, 6.07) is 16.4. The Hall–Kier alpha value is -3.41. The van der Waals surface area contributed by atoms with Crippen molar-refractivity contribution in [2.75, 3.05) is 6.61 Å². The summed E-state index contributed by atoms with van der Waals surface area (Å²) < 4.78 is 5.21. The van der Waals surface area contributed by atoms with Crippen molar-refractivity contribution in [3.63, 3.8) is 0 Å². The highest BCUT2D eigenvalue weighted by molar-refractivity contribution is 6.16. The van der Waals surface area contributed by atoms with Gasteiger partial charge in [-0.25, -0.2) is 9.59 Å². The number of ether oxygens (including phenoxy) is 1. The molecule has 0 saturated heterocycles. The van der Waals surface area contributed by atoms with Crippen LogP contribution in [0.3, 0.4) is 0 Å². The minimum atomic E-state index is -0.682. The van der Waals surface area contributed by atoms with Gasteiger partial charge in [0.05, 0.1) is 5.56 Å². The average Bonchev–Trinajstić information content (AvgIpc) is 2.69. The van der Waals surface area contributed by atoms with Crippen LogP contribution in [0.2, 0.25) is 0 Å². The maximum absolute atomic E-state index is 12.8. The molecule has 28 heavy (non-hydrogen) atoms. The third-order valence-electron chi connectivity index (χ3n) is 4.55. The van der Waals surface area contributed by atoms with Crippen LogP contribution in [0, 0.1) is 0 Å². The van der Waals surface area contributed by atoms with Crippen molar-refractivity contribution in [1.29, 1.82) is 0 Å². The number of rotatable bonds is 5. The fourth-order valence-corrected chi connectivity index (χ4v) is 2.96. The number of carbonyl (C=O) groups is 3. The van der Waals surface area contributed by atoms with Crippen molar-refractivity contribution in [3.8, 4) is 0 Å². The van der Waals surface area contributed by atoms with Gasteiger partial charge in [0.2, 0.25) is 0 Å². The lowest BCUT2D eigenvalue weighted by atomic mass is 9.97. The number of hydrogen-bond donors (Lipinski definition) is 2. The number of urea groups is 1. The van der Waals surface area contributed by atoms with E-state index in [0.717, 1.165) is 28.0 Å². The summed E-state index contributed by atoms with van der Waals surface area (Å²) in [5, 5.41) is 8.09. The van der Waals surface area contributed by atoms with E-state index in [2.05, 4.69) is 10.6 Å². The maximum atomic E-state index is 12.8. The van der Waals surface area contributed by atoms with Crippen molar-refractivity contribution in [3.05, 3.63) is 60.2 Å². The van der Waals surface area contributed by atoms with Crippen LogP contribution in [0.1, 0.15) is 30.6 Å². The van der Waals surface area contributed by atoms with E-state index in [9.17, 15) is 14.4 Å². The van der Waals surface area contributed by atoms with Crippen LogP contribution in [0.5, 0.6) is 0 Å². The second-order valence-corrected chi connectivity index (χ2v) is 6.60. The SMILES string of the molecule is CC[C@H](C)NC(=O)NC(=O)COC(=O)c1c2ccccc2cc2ccccc12. The number of hydrogen-bond acceptors (Lipinski definition) is 4. The molecule has 3 aromatic rings. The monoisotopic (exact) mass is 378 g/mol. The molecule has 0 radical (unpaired) electrons. The van der Waals surface area contributed by atoms with Gasteiger partial charge in [-0.3, -0.25) is 10.1 Å². The highest BCUT2D eigenvalue weighted by Gasteiger charge is 2.18. The number of esters is 1. The van der Waals surface area contributed by atoms with Crippen LogP contribution in [0.25, 0.3) is 21.5 Å². The minimum absolute atomic E-state index is 0.0580. The molecule has 3 aromatic carbocycles. The quantitative estimate of drug-likeness (QED) is 0.523. The average molecular weight is 378 g/mol. The summed E-state index contributed by atoms with van der Waals surface area (Å²) in [4.78, 5) is 36.4. The third-order valence-corrected chi connectivity index (χ3v) is 4.55. The summed E-state index contributed by atoms with van der Waals surface area (Å²) in [6.07, 6.45) is 0.741. The second-order valence-electron chi connectivity index (χ2n) is 6.60. The molecule has 0 aliphatic rings. The van der Waals surface area contributed by atoms with E-state index in [0.29, 0.717) is 5.56 Å². The zero-order valence-corrected chi connectivity index (χ0v) is 15.8. The Labute approximate surface area is 162 Å². The smallest absolute Gasteiger partial charge is 0.339 e. The Morgan fingerprint density at radius 2 is 1.54 bits per heavy atom. The van der Waals surface area contributed by atoms with Crippen molar-refractivity contribution >= 4 is 39.5 Å². The Bertz CT molecular complexity index is 991. The molecule has 6 heteroatoms. The summed E-state index contributed by atoms with van der Waals surface area (Å²) in [5.74, 6) is -1.29. The summed E-state index contributed by atoms with van der Waals surface area (Å²) in [6.45, 7) is 3.21. The molecular weight excluding hydrogens is 356 g/mol. The van der Waals surface area contributed by atoms with Crippen LogP contribution in [0.15, 0.2) is 54.6 Å². The highest BCUT2D eigenvalue weighted by Crippen LogP contribution is 2.29. The lowest BCUT2D eigenvalue weighted by molar-refractivity contribution is -0.123. The molecule has 1 atom stereocenters. The lowest BCUT2D eigenvalue weighted by Crippen LogP contribution is -2.44. The molecular formula is C22H22N2O4. The van der Waals surface area contributed by atoms with Gasteiger partial charge in [-0.1, -0.05) is 55.5 Å². The van der Waals surface area contributed by atoms with Gasteiger partial charge >= 0.3 is 12.0 Å². The topological polar surface area (TPSA) is 84.5 Å². The molecule has 0 aliphatic heterocycles. The number of amides is 3. The first kappa shape index (κ1) is 19.4. The zero-order chi connectivity index (χ0) is 20.1. The molecule has 0 aliphatic carbocycles. The fraction of sp³-hybridized carbons (Fsp3) is 0.227. The molecule has 0 fully saturated rings. The van der Waals surface area contributed by atoms with E-state index in [1.54, 1.807) is 0 Å². The Morgan fingerprint density at radius 3 is 2.11 bits per heavy atom. The maximum Gasteiger partial charge on any atom is 0.339 e. The molecule has 0 bridgehead atoms. The van der Waals surface area contributed by atoms with Gasteiger partial charge in [-0.2, -0.15) is 0 Å². The van der Waals surface area contributed by atoms with Gasteiger partial charge in [0.1, 0.15) is 0 Å². The van der Waals surface area contributed by atoms with E-state index in [-0.39, 0.29) is 6.04 Å². The van der Waals surface area contributed by atoms with Gasteiger partial charge in [-0.05, 0) is 41.0 Å². The molecule has 3 rings (SSSR count). The highest BCUT2D eigenvalue weighted by atomic mass is 16.5. The van der Waals surface area contributed by atoms with Gasteiger partial charge in [-0.15, -0.1) is 0 Å². The zero-order valence-electron chi connectivity index (χ0n) is 15.8. The lowest BCUT2D eigenvalue weighted by Gasteiger charge is -2.13. The van der Waals surface area contributed by atoms with Gasteiger partial charge in [0.15, 0.2) is 6.61 Å². The van der Waals surface area contributed by atoms with Crippen LogP contribution in [-0.2, 0) is 9.53 Å². The van der Waals surface area contributed by atoms with E-state index < -0.39 is 24.5 Å². The van der Waals surface area contributed by atoms with E-state index in [4.69, 9.17) is 4.74 Å². The Kier molecular flexibility index (Phi) is 5.89. The van der Waals surface area contributed by atoms with Gasteiger partial charge in [0.25, 0.3) is 5.91 Å². The summed E-state index contributed by atoms with van der Waals surface area (Å²) in [5.41, 5.74) is 0.408. The minimum Gasteiger partial charge on any atom is -0.452 e.